The average molecular weight is 175 g/mol. The molecule has 0 heterocycles. The highest BCUT2D eigenvalue weighted by atomic mass is 16.6. The van der Waals surface area contributed by atoms with Gasteiger partial charge in [0, 0.05) is 7.11 Å². The van der Waals surface area contributed by atoms with Crippen molar-refractivity contribution in [2.24, 2.45) is 5.73 Å². The van der Waals surface area contributed by atoms with Gasteiger partial charge in [-0.05, 0) is 20.8 Å². The second-order valence-electron chi connectivity index (χ2n) is 3.36. The van der Waals surface area contributed by atoms with Crippen molar-refractivity contribution in [1.82, 2.24) is 0 Å². The van der Waals surface area contributed by atoms with Crippen LogP contribution >= 0.6 is 0 Å². The molecule has 4 nitrogen and oxygen atoms in total. The molecular formula is C8H17NO3. The van der Waals surface area contributed by atoms with Gasteiger partial charge in [0.05, 0.1) is 5.60 Å². The number of carbonyl (C=O) groups excluding carboxylic acids is 1. The maximum atomic E-state index is 10.9. The Labute approximate surface area is 73.0 Å². The maximum Gasteiger partial charge on any atom is 0.322 e. The number of carbonyl (C=O) groups is 1. The van der Waals surface area contributed by atoms with Crippen molar-refractivity contribution in [3.05, 3.63) is 0 Å². The first-order valence-electron chi connectivity index (χ1n) is 3.86. The summed E-state index contributed by atoms with van der Waals surface area (Å²) >= 11 is 0. The third-order valence-electron chi connectivity index (χ3n) is 1.49. The Morgan fingerprint density at radius 2 is 2.08 bits per heavy atom. The van der Waals surface area contributed by atoms with E-state index in [0.717, 1.165) is 0 Å². The lowest BCUT2D eigenvalue weighted by Gasteiger charge is -2.22. The Morgan fingerprint density at radius 3 is 2.42 bits per heavy atom. The zero-order valence-corrected chi connectivity index (χ0v) is 8.09. The van der Waals surface area contributed by atoms with E-state index >= 15 is 0 Å². The van der Waals surface area contributed by atoms with Gasteiger partial charge < -0.3 is 15.2 Å². The van der Waals surface area contributed by atoms with E-state index in [1.165, 1.54) is 0 Å². The van der Waals surface area contributed by atoms with Gasteiger partial charge >= 0.3 is 5.97 Å². The summed E-state index contributed by atoms with van der Waals surface area (Å²) in [7, 11) is 1.57. The Morgan fingerprint density at radius 1 is 1.58 bits per heavy atom. The molecule has 0 rings (SSSR count). The van der Waals surface area contributed by atoms with Crippen molar-refractivity contribution in [3.8, 4) is 0 Å². The van der Waals surface area contributed by atoms with E-state index in [2.05, 4.69) is 0 Å². The van der Waals surface area contributed by atoms with Crippen LogP contribution in [0.25, 0.3) is 0 Å². The van der Waals surface area contributed by atoms with Crippen molar-refractivity contribution >= 4 is 5.97 Å². The number of nitrogens with two attached hydrogens (primary N) is 1. The van der Waals surface area contributed by atoms with E-state index in [9.17, 15) is 4.79 Å². The van der Waals surface area contributed by atoms with Crippen molar-refractivity contribution in [2.75, 3.05) is 13.7 Å². The van der Waals surface area contributed by atoms with Gasteiger partial charge in [-0.15, -0.1) is 0 Å². The second kappa shape index (κ2) is 4.42. The van der Waals surface area contributed by atoms with Gasteiger partial charge in [0.2, 0.25) is 0 Å². The number of methoxy groups -OCH3 is 1. The summed E-state index contributed by atoms with van der Waals surface area (Å²) in [5.74, 6) is -0.403. The molecule has 12 heavy (non-hydrogen) atoms. The van der Waals surface area contributed by atoms with Gasteiger partial charge in [-0.3, -0.25) is 4.79 Å². The van der Waals surface area contributed by atoms with Gasteiger partial charge in [0.25, 0.3) is 0 Å². The van der Waals surface area contributed by atoms with Crippen LogP contribution in [0.4, 0.5) is 0 Å². The fraction of sp³-hybridized carbons (Fsp3) is 0.875. The number of hydrogen-bond acceptors (Lipinski definition) is 4. The molecule has 0 aliphatic heterocycles. The fourth-order valence-corrected chi connectivity index (χ4v) is 0.435. The van der Waals surface area contributed by atoms with Gasteiger partial charge in [0.1, 0.15) is 12.6 Å². The minimum Gasteiger partial charge on any atom is -0.461 e. The Kier molecular flexibility index (Phi) is 4.20. The van der Waals surface area contributed by atoms with Crippen LogP contribution in [0.15, 0.2) is 0 Å². The quantitative estimate of drug-likeness (QED) is 0.624. The third kappa shape index (κ3) is 4.31. The highest BCUT2D eigenvalue weighted by Crippen LogP contribution is 2.07. The lowest BCUT2D eigenvalue weighted by molar-refractivity contribution is -0.152. The molecule has 0 spiro atoms. The number of hydrogen-bond donors (Lipinski definition) is 1. The summed E-state index contributed by atoms with van der Waals surface area (Å²) in [4.78, 5) is 10.9. The minimum atomic E-state index is -0.572. The third-order valence-corrected chi connectivity index (χ3v) is 1.49. The Balaban J connectivity index is 3.76. The Hall–Kier alpha value is -0.610. The molecule has 0 aromatic rings. The zero-order valence-electron chi connectivity index (χ0n) is 8.09. The Bertz CT molecular complexity index is 154. The number of ether oxygens (including phenoxy) is 2. The highest BCUT2D eigenvalue weighted by molar-refractivity contribution is 5.74. The molecule has 72 valence electrons. The van der Waals surface area contributed by atoms with Crippen LogP contribution in [-0.4, -0.2) is 31.3 Å². The minimum absolute atomic E-state index is 0.226. The van der Waals surface area contributed by atoms with E-state index in [1.807, 2.05) is 13.8 Å². The molecule has 0 aliphatic rings. The molecule has 0 aliphatic carbocycles. The molecule has 1 unspecified atom stereocenters. The average Bonchev–Trinajstić information content (AvgIpc) is 2.00. The smallest absolute Gasteiger partial charge is 0.322 e. The first-order valence-corrected chi connectivity index (χ1v) is 3.86. The maximum absolute atomic E-state index is 10.9. The van der Waals surface area contributed by atoms with Gasteiger partial charge in [-0.2, -0.15) is 0 Å². The predicted molar refractivity (Wildman–Crippen MR) is 45.7 cm³/mol. The summed E-state index contributed by atoms with van der Waals surface area (Å²) < 4.78 is 9.92. The predicted octanol–water partition coefficient (Wildman–Crippen LogP) is 0.302. The molecule has 0 bridgehead atoms. The van der Waals surface area contributed by atoms with Crippen molar-refractivity contribution in [2.45, 2.75) is 32.4 Å². The highest BCUT2D eigenvalue weighted by Gasteiger charge is 2.20. The SMILES string of the molecule is COC(C)(C)COC(=O)C(C)N. The molecule has 0 fully saturated rings. The standard InChI is InChI=1S/C8H17NO3/c1-6(9)7(10)12-5-8(2,3)11-4/h6H,5,9H2,1-4H3. The van der Waals surface area contributed by atoms with E-state index < -0.39 is 17.6 Å². The summed E-state index contributed by atoms with van der Waals surface area (Å²) in [5, 5.41) is 0. The van der Waals surface area contributed by atoms with Gasteiger partial charge in [-0.25, -0.2) is 0 Å². The molecule has 0 saturated carbocycles. The lowest BCUT2D eigenvalue weighted by atomic mass is 10.1. The summed E-state index contributed by atoms with van der Waals surface area (Å²) in [6, 6.07) is -0.572. The first-order chi connectivity index (χ1) is 5.39. The number of rotatable bonds is 4. The molecule has 4 heteroatoms. The summed E-state index contributed by atoms with van der Waals surface area (Å²) in [6.07, 6.45) is 0. The van der Waals surface area contributed by atoms with Crippen molar-refractivity contribution < 1.29 is 14.3 Å². The van der Waals surface area contributed by atoms with E-state index in [4.69, 9.17) is 15.2 Å². The first kappa shape index (κ1) is 11.4. The molecule has 2 N–H and O–H groups in total. The molecular weight excluding hydrogens is 158 g/mol. The lowest BCUT2D eigenvalue weighted by Crippen LogP contribution is -2.35. The van der Waals surface area contributed by atoms with Crippen molar-refractivity contribution in [3.63, 3.8) is 0 Å². The van der Waals surface area contributed by atoms with Crippen LogP contribution in [0.5, 0.6) is 0 Å². The molecule has 0 aromatic heterocycles. The normalized spacial score (nSPS) is 14.1. The van der Waals surface area contributed by atoms with E-state index in [0.29, 0.717) is 0 Å². The van der Waals surface area contributed by atoms with Gasteiger partial charge in [-0.1, -0.05) is 0 Å². The molecule has 0 radical (unpaired) electrons. The van der Waals surface area contributed by atoms with Gasteiger partial charge in [0.15, 0.2) is 0 Å². The van der Waals surface area contributed by atoms with Crippen LogP contribution in [0.1, 0.15) is 20.8 Å². The topological polar surface area (TPSA) is 61.5 Å². The van der Waals surface area contributed by atoms with Crippen LogP contribution in [0.3, 0.4) is 0 Å². The monoisotopic (exact) mass is 175 g/mol. The second-order valence-corrected chi connectivity index (χ2v) is 3.36. The van der Waals surface area contributed by atoms with Crippen LogP contribution in [0.2, 0.25) is 0 Å². The van der Waals surface area contributed by atoms with Crippen LogP contribution in [-0.2, 0) is 14.3 Å². The van der Waals surface area contributed by atoms with E-state index in [-0.39, 0.29) is 6.61 Å². The molecule has 1 atom stereocenters. The molecule has 0 aromatic carbocycles. The largest absolute Gasteiger partial charge is 0.461 e. The fourth-order valence-electron chi connectivity index (χ4n) is 0.435. The molecule has 0 amide bonds. The number of esters is 1. The van der Waals surface area contributed by atoms with Crippen LogP contribution < -0.4 is 5.73 Å². The van der Waals surface area contributed by atoms with E-state index in [1.54, 1.807) is 14.0 Å². The zero-order chi connectivity index (χ0) is 9.78. The summed E-state index contributed by atoms with van der Waals surface area (Å²) in [5.41, 5.74) is 4.85. The van der Waals surface area contributed by atoms with Crippen LogP contribution in [0, 0.1) is 0 Å². The van der Waals surface area contributed by atoms with Crippen molar-refractivity contribution in [1.29, 1.82) is 0 Å². The summed E-state index contributed by atoms with van der Waals surface area (Å²) in [6.45, 7) is 5.48. The molecule has 0 saturated heterocycles.